The highest BCUT2D eigenvalue weighted by Gasteiger charge is 2.51. The van der Waals surface area contributed by atoms with Crippen molar-refractivity contribution in [1.82, 2.24) is 5.32 Å². The van der Waals surface area contributed by atoms with Crippen molar-refractivity contribution in [3.8, 4) is 0 Å². The monoisotopic (exact) mass is 225 g/mol. The van der Waals surface area contributed by atoms with Crippen LogP contribution in [0, 0.1) is 17.8 Å². The van der Waals surface area contributed by atoms with Gasteiger partial charge in [0.25, 0.3) is 0 Å². The van der Waals surface area contributed by atoms with Crippen molar-refractivity contribution in [2.24, 2.45) is 17.8 Å². The van der Waals surface area contributed by atoms with E-state index >= 15 is 0 Å². The van der Waals surface area contributed by atoms with E-state index in [2.05, 4.69) is 5.32 Å². The summed E-state index contributed by atoms with van der Waals surface area (Å²) >= 11 is 0. The number of fused-ring (bicyclic) bond motifs is 1. The number of hydrogen-bond acceptors (Lipinski definition) is 2. The van der Waals surface area contributed by atoms with Crippen LogP contribution in [0.1, 0.15) is 38.5 Å². The molecule has 0 saturated heterocycles. The average molecular weight is 225 g/mol. The molecule has 4 rings (SSSR count). The van der Waals surface area contributed by atoms with Crippen LogP contribution in [0.25, 0.3) is 0 Å². The van der Waals surface area contributed by atoms with E-state index in [0.29, 0.717) is 17.8 Å². The van der Waals surface area contributed by atoms with Gasteiger partial charge in [0.2, 0.25) is 0 Å². The predicted molar refractivity (Wildman–Crippen MR) is 58.1 cm³/mol. The lowest BCUT2D eigenvalue weighted by molar-refractivity contribution is 0.0419. The largest absolute Gasteiger partial charge is 0.465 e. The van der Waals surface area contributed by atoms with E-state index in [1.807, 2.05) is 0 Å². The van der Waals surface area contributed by atoms with Gasteiger partial charge in [-0.15, -0.1) is 0 Å². The van der Waals surface area contributed by atoms with E-state index in [0.717, 1.165) is 32.1 Å². The summed E-state index contributed by atoms with van der Waals surface area (Å²) in [5.41, 5.74) is -0.222. The number of aliphatic hydroxyl groups excluding tert-OH is 1. The van der Waals surface area contributed by atoms with Gasteiger partial charge in [-0.25, -0.2) is 4.79 Å². The molecule has 90 valence electrons. The Labute approximate surface area is 95.0 Å². The van der Waals surface area contributed by atoms with Crippen LogP contribution in [0.3, 0.4) is 0 Å². The van der Waals surface area contributed by atoms with Crippen LogP contribution in [-0.2, 0) is 0 Å². The maximum Gasteiger partial charge on any atom is 0.405 e. The molecule has 5 atom stereocenters. The number of amides is 1. The van der Waals surface area contributed by atoms with Crippen LogP contribution in [0.4, 0.5) is 4.79 Å². The zero-order chi connectivity index (χ0) is 11.3. The molecule has 0 aromatic carbocycles. The number of hydrogen-bond donors (Lipinski definition) is 3. The summed E-state index contributed by atoms with van der Waals surface area (Å²) in [5, 5.41) is 21.8. The second kappa shape index (κ2) is 3.36. The van der Waals surface area contributed by atoms with Crippen LogP contribution in [0.2, 0.25) is 0 Å². The van der Waals surface area contributed by atoms with Crippen LogP contribution < -0.4 is 5.32 Å². The lowest BCUT2D eigenvalue weighted by Crippen LogP contribution is -2.55. The van der Waals surface area contributed by atoms with Crippen molar-refractivity contribution in [3.63, 3.8) is 0 Å². The van der Waals surface area contributed by atoms with Gasteiger partial charge in [-0.2, -0.15) is 0 Å². The zero-order valence-electron chi connectivity index (χ0n) is 9.35. The van der Waals surface area contributed by atoms with Gasteiger partial charge in [0, 0.05) is 5.54 Å². The molecular weight excluding hydrogens is 206 g/mol. The molecule has 0 radical (unpaired) electrons. The molecule has 4 fully saturated rings. The van der Waals surface area contributed by atoms with Crippen LogP contribution in [0.15, 0.2) is 0 Å². The molecule has 1 amide bonds. The normalized spacial score (nSPS) is 50.1. The van der Waals surface area contributed by atoms with E-state index in [9.17, 15) is 9.90 Å². The second-order valence-electron chi connectivity index (χ2n) is 6.09. The fourth-order valence-corrected chi connectivity index (χ4v) is 4.57. The summed E-state index contributed by atoms with van der Waals surface area (Å²) in [6.45, 7) is 0. The Kier molecular flexibility index (Phi) is 2.18. The minimum Gasteiger partial charge on any atom is -0.465 e. The Hall–Kier alpha value is -0.770. The first-order valence-corrected chi connectivity index (χ1v) is 6.25. The van der Waals surface area contributed by atoms with Crippen molar-refractivity contribution in [2.45, 2.75) is 50.2 Å². The molecule has 4 saturated carbocycles. The van der Waals surface area contributed by atoms with Crippen molar-refractivity contribution in [1.29, 1.82) is 0 Å². The molecule has 4 nitrogen and oxygen atoms in total. The van der Waals surface area contributed by atoms with Gasteiger partial charge in [-0.3, -0.25) is 0 Å². The average Bonchev–Trinajstić information content (AvgIpc) is 2.27. The molecule has 4 bridgehead atoms. The summed E-state index contributed by atoms with van der Waals surface area (Å²) < 4.78 is 0. The highest BCUT2D eigenvalue weighted by molar-refractivity contribution is 5.65. The van der Waals surface area contributed by atoms with Gasteiger partial charge in [-0.1, -0.05) is 0 Å². The van der Waals surface area contributed by atoms with E-state index in [1.165, 1.54) is 6.42 Å². The van der Waals surface area contributed by atoms with Crippen LogP contribution in [0.5, 0.6) is 0 Å². The van der Waals surface area contributed by atoms with Crippen molar-refractivity contribution in [2.75, 3.05) is 0 Å². The van der Waals surface area contributed by atoms with Gasteiger partial charge in [0.15, 0.2) is 0 Å². The zero-order valence-corrected chi connectivity index (χ0v) is 9.35. The SMILES string of the molecule is O=C(O)NC12CC3CC(CC(C1)C(O)C3)C2. The maximum absolute atomic E-state index is 10.9. The lowest BCUT2D eigenvalue weighted by atomic mass is 9.63. The predicted octanol–water partition coefficient (Wildman–Crippen LogP) is 1.58. The minimum atomic E-state index is -0.906. The number of carboxylic acid groups (broad SMARTS) is 1. The molecule has 0 aliphatic heterocycles. The molecular formula is C12H19NO3. The van der Waals surface area contributed by atoms with Gasteiger partial charge >= 0.3 is 6.09 Å². The van der Waals surface area contributed by atoms with E-state index in [1.54, 1.807) is 0 Å². The van der Waals surface area contributed by atoms with E-state index in [-0.39, 0.29) is 11.6 Å². The highest BCUT2D eigenvalue weighted by Crippen LogP contribution is 2.53. The van der Waals surface area contributed by atoms with E-state index in [4.69, 9.17) is 5.11 Å². The van der Waals surface area contributed by atoms with Crippen molar-refractivity contribution in [3.05, 3.63) is 0 Å². The molecule has 0 aromatic heterocycles. The summed E-state index contributed by atoms with van der Waals surface area (Å²) in [7, 11) is 0. The molecule has 3 N–H and O–H groups in total. The number of rotatable bonds is 1. The Morgan fingerprint density at radius 3 is 2.50 bits per heavy atom. The summed E-state index contributed by atoms with van der Waals surface area (Å²) in [5.74, 6) is 1.47. The third-order valence-electron chi connectivity index (χ3n) is 4.81. The Bertz CT molecular complexity index is 319. The third kappa shape index (κ3) is 1.59. The molecule has 0 spiro atoms. The molecule has 4 aliphatic rings. The first kappa shape index (κ1) is 10.4. The fraction of sp³-hybridized carbons (Fsp3) is 0.917. The van der Waals surface area contributed by atoms with Gasteiger partial charge in [0.05, 0.1) is 6.10 Å². The Balaban J connectivity index is 1.89. The summed E-state index contributed by atoms with van der Waals surface area (Å²) in [6.07, 6.45) is 4.82. The Morgan fingerprint density at radius 1 is 1.12 bits per heavy atom. The molecule has 4 heteroatoms. The van der Waals surface area contributed by atoms with Crippen molar-refractivity contribution >= 4 is 6.09 Å². The van der Waals surface area contributed by atoms with Gasteiger partial charge in [-0.05, 0) is 56.3 Å². The minimum absolute atomic E-state index is 0.201. The van der Waals surface area contributed by atoms with E-state index < -0.39 is 6.09 Å². The van der Waals surface area contributed by atoms with Gasteiger partial charge in [0.1, 0.15) is 0 Å². The topological polar surface area (TPSA) is 69.6 Å². The van der Waals surface area contributed by atoms with Gasteiger partial charge < -0.3 is 15.5 Å². The number of aliphatic hydroxyl groups is 1. The lowest BCUT2D eigenvalue weighted by Gasteiger charge is -2.48. The molecule has 0 heterocycles. The highest BCUT2D eigenvalue weighted by atomic mass is 16.4. The first-order valence-electron chi connectivity index (χ1n) is 6.25. The molecule has 4 aliphatic carbocycles. The fourth-order valence-electron chi connectivity index (χ4n) is 4.57. The van der Waals surface area contributed by atoms with Crippen LogP contribution in [-0.4, -0.2) is 27.9 Å². The third-order valence-corrected chi connectivity index (χ3v) is 4.81. The summed E-state index contributed by atoms with van der Waals surface area (Å²) in [4.78, 5) is 10.9. The second-order valence-corrected chi connectivity index (χ2v) is 6.09. The standard InChI is InChI=1S/C12H19NO3/c14-10-3-8-1-7-2-9(10)6-12(4-7,5-8)13-11(15)16/h7-10,13-14H,1-6H2,(H,15,16). The number of nitrogens with one attached hydrogen (secondary N) is 1. The maximum atomic E-state index is 10.9. The molecule has 16 heavy (non-hydrogen) atoms. The molecule has 5 unspecified atom stereocenters. The van der Waals surface area contributed by atoms with Crippen LogP contribution >= 0.6 is 0 Å². The summed E-state index contributed by atoms with van der Waals surface area (Å²) in [6, 6.07) is 0. The quantitative estimate of drug-likeness (QED) is 0.634. The first-order chi connectivity index (χ1) is 7.56. The Morgan fingerprint density at radius 2 is 1.81 bits per heavy atom. The number of carbonyl (C=O) groups is 1. The molecule has 0 aromatic rings. The smallest absolute Gasteiger partial charge is 0.405 e. The van der Waals surface area contributed by atoms with Crippen molar-refractivity contribution < 1.29 is 15.0 Å².